The third-order valence-electron chi connectivity index (χ3n) is 6.28. The fourth-order valence-corrected chi connectivity index (χ4v) is 4.68. The number of piperidine rings is 1. The van der Waals surface area contributed by atoms with Crippen molar-refractivity contribution >= 4 is 17.3 Å². The summed E-state index contributed by atoms with van der Waals surface area (Å²) in [6.07, 6.45) is 4.28. The van der Waals surface area contributed by atoms with Gasteiger partial charge in [-0.1, -0.05) is 30.3 Å². The molecule has 1 unspecified atom stereocenters. The van der Waals surface area contributed by atoms with Crippen LogP contribution < -0.4 is 10.2 Å². The molecule has 2 aromatic carbocycles. The molecule has 1 N–H and O–H groups in total. The van der Waals surface area contributed by atoms with Crippen LogP contribution in [0, 0.1) is 16.0 Å². The van der Waals surface area contributed by atoms with Crippen molar-refractivity contribution in [2.45, 2.75) is 32.2 Å². The molecule has 2 saturated heterocycles. The number of rotatable bonds is 7. The van der Waals surface area contributed by atoms with E-state index in [1.165, 1.54) is 11.6 Å². The van der Waals surface area contributed by atoms with Crippen molar-refractivity contribution in [2.75, 3.05) is 37.6 Å². The number of benzene rings is 2. The lowest BCUT2D eigenvalue weighted by Crippen LogP contribution is -2.40. The van der Waals surface area contributed by atoms with E-state index in [1.54, 1.807) is 12.1 Å². The zero-order valence-electron chi connectivity index (χ0n) is 17.8. The first-order chi connectivity index (χ1) is 15.1. The van der Waals surface area contributed by atoms with Crippen LogP contribution in [0.4, 0.5) is 11.4 Å². The highest BCUT2D eigenvalue weighted by molar-refractivity contribution is 5.95. The maximum Gasteiger partial charge on any atom is 0.293 e. The lowest BCUT2D eigenvalue weighted by molar-refractivity contribution is -0.384. The molecule has 7 heteroatoms. The van der Waals surface area contributed by atoms with E-state index in [4.69, 9.17) is 0 Å². The molecular formula is C24H30N4O3. The van der Waals surface area contributed by atoms with Gasteiger partial charge in [-0.2, -0.15) is 0 Å². The normalized spacial score (nSPS) is 19.4. The average Bonchev–Trinajstić information content (AvgIpc) is 3.33. The van der Waals surface area contributed by atoms with Gasteiger partial charge in [0.2, 0.25) is 0 Å². The summed E-state index contributed by atoms with van der Waals surface area (Å²) in [4.78, 5) is 28.4. The van der Waals surface area contributed by atoms with E-state index in [0.717, 1.165) is 58.4 Å². The number of nitro groups is 1. The van der Waals surface area contributed by atoms with E-state index in [2.05, 4.69) is 34.5 Å². The lowest BCUT2D eigenvalue weighted by atomic mass is 9.97. The number of carbonyl (C=O) groups excluding carboxylic acids is 1. The number of amides is 1. The highest BCUT2D eigenvalue weighted by Gasteiger charge is 2.25. The molecule has 0 saturated carbocycles. The molecule has 31 heavy (non-hydrogen) atoms. The third-order valence-corrected chi connectivity index (χ3v) is 6.28. The molecule has 1 amide bonds. The van der Waals surface area contributed by atoms with Crippen LogP contribution >= 0.6 is 0 Å². The summed E-state index contributed by atoms with van der Waals surface area (Å²) < 4.78 is 0. The second-order valence-corrected chi connectivity index (χ2v) is 8.59. The number of anilines is 1. The molecule has 2 heterocycles. The van der Waals surface area contributed by atoms with Gasteiger partial charge in [0.25, 0.3) is 11.6 Å². The summed E-state index contributed by atoms with van der Waals surface area (Å²) >= 11 is 0. The smallest absolute Gasteiger partial charge is 0.293 e. The van der Waals surface area contributed by atoms with Crippen molar-refractivity contribution in [3.8, 4) is 0 Å². The number of nitro benzene ring substituents is 1. The van der Waals surface area contributed by atoms with Gasteiger partial charge in [0.15, 0.2) is 0 Å². The van der Waals surface area contributed by atoms with Gasteiger partial charge in [0, 0.05) is 44.4 Å². The molecule has 4 rings (SSSR count). The molecule has 0 spiro atoms. The van der Waals surface area contributed by atoms with Crippen molar-refractivity contribution in [3.05, 3.63) is 69.8 Å². The van der Waals surface area contributed by atoms with Crippen molar-refractivity contribution < 1.29 is 9.72 Å². The number of hydrogen-bond acceptors (Lipinski definition) is 5. The van der Waals surface area contributed by atoms with E-state index in [9.17, 15) is 14.9 Å². The van der Waals surface area contributed by atoms with E-state index >= 15 is 0 Å². The molecule has 0 bridgehead atoms. The summed E-state index contributed by atoms with van der Waals surface area (Å²) in [7, 11) is 0. The molecule has 1 atom stereocenters. The van der Waals surface area contributed by atoms with Crippen LogP contribution in [0.15, 0.2) is 48.5 Å². The number of likely N-dealkylation sites (tertiary alicyclic amines) is 1. The van der Waals surface area contributed by atoms with Gasteiger partial charge in [-0.3, -0.25) is 19.8 Å². The van der Waals surface area contributed by atoms with Gasteiger partial charge in [0.05, 0.1) is 4.92 Å². The Bertz CT molecular complexity index is 912. The lowest BCUT2D eigenvalue weighted by Gasteiger charge is -2.32. The van der Waals surface area contributed by atoms with E-state index in [-0.39, 0.29) is 16.5 Å². The topological polar surface area (TPSA) is 78.7 Å². The van der Waals surface area contributed by atoms with Crippen LogP contribution in [0.5, 0.6) is 0 Å². The maximum atomic E-state index is 12.7. The largest absolute Gasteiger partial charge is 0.366 e. The van der Waals surface area contributed by atoms with E-state index < -0.39 is 0 Å². The van der Waals surface area contributed by atoms with Gasteiger partial charge in [-0.15, -0.1) is 0 Å². The summed E-state index contributed by atoms with van der Waals surface area (Å²) in [5.41, 5.74) is 2.29. The van der Waals surface area contributed by atoms with E-state index in [0.29, 0.717) is 23.7 Å². The van der Waals surface area contributed by atoms with Crippen molar-refractivity contribution in [1.82, 2.24) is 10.2 Å². The average molecular weight is 423 g/mol. The van der Waals surface area contributed by atoms with Crippen LogP contribution in [0.25, 0.3) is 0 Å². The molecule has 2 aliphatic heterocycles. The first kappa shape index (κ1) is 21.3. The molecule has 0 aliphatic carbocycles. The summed E-state index contributed by atoms with van der Waals surface area (Å²) in [6, 6.07) is 15.3. The Labute approximate surface area is 183 Å². The minimum absolute atomic E-state index is 0.0150. The van der Waals surface area contributed by atoms with Crippen LogP contribution in [0.2, 0.25) is 0 Å². The second kappa shape index (κ2) is 9.92. The second-order valence-electron chi connectivity index (χ2n) is 8.59. The maximum absolute atomic E-state index is 12.7. The van der Waals surface area contributed by atoms with Crippen LogP contribution in [0.3, 0.4) is 0 Å². The summed E-state index contributed by atoms with van der Waals surface area (Å²) in [5.74, 6) is 0.150. The SMILES string of the molecule is O=C(NCC1CCCN(Cc2ccccc2)C1)c1ccc(N2CCCC2)c([N+](=O)[O-])c1. The van der Waals surface area contributed by atoms with Crippen molar-refractivity contribution in [2.24, 2.45) is 5.92 Å². The number of hydrogen-bond donors (Lipinski definition) is 1. The Kier molecular flexibility index (Phi) is 6.82. The van der Waals surface area contributed by atoms with Gasteiger partial charge in [-0.05, 0) is 55.8 Å². The minimum Gasteiger partial charge on any atom is -0.366 e. The highest BCUT2D eigenvalue weighted by Crippen LogP contribution is 2.31. The van der Waals surface area contributed by atoms with Crippen LogP contribution in [-0.4, -0.2) is 48.5 Å². The van der Waals surface area contributed by atoms with Gasteiger partial charge < -0.3 is 10.2 Å². The molecule has 7 nitrogen and oxygen atoms in total. The highest BCUT2D eigenvalue weighted by atomic mass is 16.6. The quantitative estimate of drug-likeness (QED) is 0.542. The van der Waals surface area contributed by atoms with Gasteiger partial charge >= 0.3 is 0 Å². The predicted molar refractivity (Wildman–Crippen MR) is 121 cm³/mol. The molecule has 2 aromatic rings. The Balaban J connectivity index is 1.34. The standard InChI is InChI=1S/C24H30N4O3/c29-24(21-10-11-22(23(15-21)28(30)31)27-13-4-5-14-27)25-16-20-9-6-12-26(18-20)17-19-7-2-1-3-8-19/h1-3,7-8,10-11,15,20H,4-6,9,12-14,16-18H2,(H,25,29). The Morgan fingerprint density at radius 3 is 2.58 bits per heavy atom. The zero-order valence-corrected chi connectivity index (χ0v) is 17.8. The first-order valence-electron chi connectivity index (χ1n) is 11.2. The summed E-state index contributed by atoms with van der Waals surface area (Å²) in [6.45, 7) is 5.19. The Hall–Kier alpha value is -2.93. The fourth-order valence-electron chi connectivity index (χ4n) is 4.68. The monoisotopic (exact) mass is 422 g/mol. The summed E-state index contributed by atoms with van der Waals surface area (Å²) in [5, 5.41) is 14.6. The third kappa shape index (κ3) is 5.41. The van der Waals surface area contributed by atoms with Gasteiger partial charge in [0.1, 0.15) is 5.69 Å². The molecule has 2 aliphatic rings. The Morgan fingerprint density at radius 2 is 1.84 bits per heavy atom. The van der Waals surface area contributed by atoms with E-state index in [1.807, 2.05) is 11.0 Å². The van der Waals surface area contributed by atoms with Crippen molar-refractivity contribution in [1.29, 1.82) is 0 Å². The van der Waals surface area contributed by atoms with Gasteiger partial charge in [-0.25, -0.2) is 0 Å². The molecule has 0 radical (unpaired) electrons. The molecular weight excluding hydrogens is 392 g/mol. The molecule has 2 fully saturated rings. The van der Waals surface area contributed by atoms with Crippen LogP contribution in [0.1, 0.15) is 41.6 Å². The molecule has 164 valence electrons. The Morgan fingerprint density at radius 1 is 1.06 bits per heavy atom. The first-order valence-corrected chi connectivity index (χ1v) is 11.2. The zero-order chi connectivity index (χ0) is 21.6. The number of carbonyl (C=O) groups is 1. The number of nitrogens with zero attached hydrogens (tertiary/aromatic N) is 3. The number of nitrogens with one attached hydrogen (secondary N) is 1. The minimum atomic E-state index is -0.382. The fraction of sp³-hybridized carbons (Fsp3) is 0.458. The van der Waals surface area contributed by atoms with Crippen molar-refractivity contribution in [3.63, 3.8) is 0 Å². The van der Waals surface area contributed by atoms with Crippen LogP contribution in [-0.2, 0) is 6.54 Å². The predicted octanol–water partition coefficient (Wildman–Crippen LogP) is 3.84. The molecule has 0 aromatic heterocycles.